The smallest absolute Gasteiger partial charge is 0.322 e. The molecule has 0 spiro atoms. The summed E-state index contributed by atoms with van der Waals surface area (Å²) in [5, 5.41) is 0. The summed E-state index contributed by atoms with van der Waals surface area (Å²) in [5.41, 5.74) is -2.22. The zero-order valence-corrected chi connectivity index (χ0v) is 22.9. The number of ketones is 1. The molecule has 5 rings (SSSR count). The summed E-state index contributed by atoms with van der Waals surface area (Å²) < 4.78 is 36.8. The zero-order valence-electron chi connectivity index (χ0n) is 22.1. The highest BCUT2D eigenvalue weighted by Crippen LogP contribution is 2.64. The third-order valence-corrected chi connectivity index (χ3v) is 11.1. The highest BCUT2D eigenvalue weighted by atomic mass is 32.2. The number of Topliss-reactive ketones (excluding diaryl/α,β-unsaturated/α-hetero) is 1. The number of esters is 1. The van der Waals surface area contributed by atoms with Gasteiger partial charge >= 0.3 is 5.97 Å². The van der Waals surface area contributed by atoms with E-state index in [2.05, 4.69) is 6.92 Å². The Morgan fingerprint density at radius 2 is 1.54 bits per heavy atom. The summed E-state index contributed by atoms with van der Waals surface area (Å²) in [7, 11) is -3.80. The third kappa shape index (κ3) is 5.66. The van der Waals surface area contributed by atoms with E-state index in [0.717, 1.165) is 69.1 Å². The maximum atomic E-state index is 13.6. The van der Waals surface area contributed by atoms with Crippen LogP contribution in [0.5, 0.6) is 0 Å². The minimum atomic E-state index is -3.80. The molecule has 0 N–H and O–H groups in total. The Kier molecular flexibility index (Phi) is 8.07. The fourth-order valence-corrected chi connectivity index (χ4v) is 9.01. The summed E-state index contributed by atoms with van der Waals surface area (Å²) in [5.74, 6) is 1.27. The molecule has 0 aromatic rings. The monoisotopic (exact) mass is 510 g/mol. The van der Waals surface area contributed by atoms with Gasteiger partial charge in [-0.2, -0.15) is 8.42 Å². The maximum absolute atomic E-state index is 13.6. The molecule has 1 atom stereocenters. The van der Waals surface area contributed by atoms with Crippen molar-refractivity contribution in [3.63, 3.8) is 0 Å². The van der Waals surface area contributed by atoms with Crippen molar-refractivity contribution in [1.82, 2.24) is 0 Å². The molecule has 5 saturated carbocycles. The third-order valence-electron chi connectivity index (χ3n) is 9.83. The van der Waals surface area contributed by atoms with Crippen molar-refractivity contribution < 1.29 is 26.9 Å². The Bertz CT molecular complexity index is 856. The van der Waals surface area contributed by atoms with Gasteiger partial charge in [-0.25, -0.2) is 0 Å². The van der Waals surface area contributed by atoms with Crippen LogP contribution in [0.1, 0.15) is 117 Å². The summed E-state index contributed by atoms with van der Waals surface area (Å²) in [4.78, 5) is 26.6. The number of hydrogen-bond donors (Lipinski definition) is 0. The fraction of sp³-hybridized carbons (Fsp3) is 0.929. The molecule has 0 aliphatic heterocycles. The Morgan fingerprint density at radius 1 is 0.971 bits per heavy atom. The predicted octanol–water partition coefficient (Wildman–Crippen LogP) is 5.97. The lowest BCUT2D eigenvalue weighted by molar-refractivity contribution is -0.208. The van der Waals surface area contributed by atoms with Gasteiger partial charge in [0.1, 0.15) is 5.60 Å². The molecule has 200 valence electrons. The largest absolute Gasteiger partial charge is 0.458 e. The quantitative estimate of drug-likeness (QED) is 0.131. The number of rotatable bonds is 13. The van der Waals surface area contributed by atoms with Gasteiger partial charge in [0.15, 0.2) is 11.2 Å². The molecule has 0 heterocycles. The van der Waals surface area contributed by atoms with Crippen LogP contribution in [0.2, 0.25) is 0 Å². The van der Waals surface area contributed by atoms with E-state index in [1.807, 2.05) is 13.8 Å². The van der Waals surface area contributed by atoms with Crippen molar-refractivity contribution in [3.05, 3.63) is 0 Å². The molecular formula is C28H46O6S. The van der Waals surface area contributed by atoms with E-state index in [0.29, 0.717) is 19.3 Å². The van der Waals surface area contributed by atoms with Crippen LogP contribution < -0.4 is 0 Å². The van der Waals surface area contributed by atoms with E-state index < -0.39 is 33.7 Å². The highest BCUT2D eigenvalue weighted by Gasteiger charge is 2.60. The van der Waals surface area contributed by atoms with Gasteiger partial charge in [-0.1, -0.05) is 39.0 Å². The van der Waals surface area contributed by atoms with Crippen LogP contribution in [-0.4, -0.2) is 38.1 Å². The molecule has 0 aromatic heterocycles. The van der Waals surface area contributed by atoms with Crippen LogP contribution in [0.4, 0.5) is 0 Å². The van der Waals surface area contributed by atoms with Gasteiger partial charge in [-0.05, 0) is 89.4 Å². The van der Waals surface area contributed by atoms with Crippen molar-refractivity contribution in [1.29, 1.82) is 0 Å². The van der Waals surface area contributed by atoms with Crippen molar-refractivity contribution in [2.24, 2.45) is 28.6 Å². The Labute approximate surface area is 212 Å². The summed E-state index contributed by atoms with van der Waals surface area (Å²) in [6.07, 6.45) is 14.1. The highest BCUT2D eigenvalue weighted by molar-refractivity contribution is 7.86. The van der Waals surface area contributed by atoms with Crippen LogP contribution in [0.3, 0.4) is 0 Å². The second kappa shape index (κ2) is 10.4. The lowest BCUT2D eigenvalue weighted by Gasteiger charge is -2.61. The molecule has 0 radical (unpaired) electrons. The second-order valence-corrected chi connectivity index (χ2v) is 14.5. The fourth-order valence-electron chi connectivity index (χ4n) is 7.95. The number of unbranched alkanes of at least 4 members (excludes halogenated alkanes) is 5. The molecule has 7 heteroatoms. The first-order valence-electron chi connectivity index (χ1n) is 14.1. The molecule has 35 heavy (non-hydrogen) atoms. The lowest BCUT2D eigenvalue weighted by atomic mass is 9.46. The first-order valence-corrected chi connectivity index (χ1v) is 15.7. The topological polar surface area (TPSA) is 86.7 Å². The SMILES string of the molecule is CCCCCCCCS(=O)(=O)OCC1(C(=O)OC(C)(C)C23CC4CC(CC(C4)C2)C3)CCCC1=O. The van der Waals surface area contributed by atoms with E-state index in [4.69, 9.17) is 8.92 Å². The van der Waals surface area contributed by atoms with Crippen molar-refractivity contribution >= 4 is 21.9 Å². The van der Waals surface area contributed by atoms with Gasteiger partial charge in [0.05, 0.1) is 12.4 Å². The average Bonchev–Trinajstić information content (AvgIpc) is 3.15. The standard InChI is InChI=1S/C28H46O6S/c1-4-5-6-7-8-9-13-35(31,32)33-20-28(12-10-11-24(28)29)25(30)34-26(2,3)27-17-21-14-22(18-27)16-23(15-21)19-27/h21-23H,4-20H2,1-3H3. The second-order valence-electron chi connectivity index (χ2n) is 12.7. The minimum absolute atomic E-state index is 0.0367. The van der Waals surface area contributed by atoms with Gasteiger partial charge in [0.2, 0.25) is 0 Å². The number of hydrogen-bond acceptors (Lipinski definition) is 6. The number of carbonyl (C=O) groups is 2. The molecule has 5 fully saturated rings. The van der Waals surface area contributed by atoms with Crippen LogP contribution in [0.15, 0.2) is 0 Å². The predicted molar refractivity (Wildman–Crippen MR) is 135 cm³/mol. The Hall–Kier alpha value is -0.950. The van der Waals surface area contributed by atoms with Crippen molar-refractivity contribution in [2.75, 3.05) is 12.4 Å². The molecule has 4 bridgehead atoms. The van der Waals surface area contributed by atoms with Gasteiger partial charge in [0.25, 0.3) is 10.1 Å². The zero-order chi connectivity index (χ0) is 25.3. The summed E-state index contributed by atoms with van der Waals surface area (Å²) >= 11 is 0. The maximum Gasteiger partial charge on any atom is 0.322 e. The molecular weight excluding hydrogens is 464 g/mol. The molecule has 5 aliphatic carbocycles. The Balaban J connectivity index is 1.39. The number of carbonyl (C=O) groups excluding carboxylic acids is 2. The first-order chi connectivity index (χ1) is 16.5. The van der Waals surface area contributed by atoms with Gasteiger partial charge < -0.3 is 4.74 Å². The van der Waals surface area contributed by atoms with E-state index in [9.17, 15) is 18.0 Å². The lowest BCUT2D eigenvalue weighted by Crippen LogP contribution is -2.58. The van der Waals surface area contributed by atoms with Gasteiger partial charge in [-0.3, -0.25) is 13.8 Å². The van der Waals surface area contributed by atoms with Crippen molar-refractivity contribution in [2.45, 2.75) is 123 Å². The molecule has 5 aliphatic rings. The molecule has 0 saturated heterocycles. The molecule has 1 unspecified atom stereocenters. The van der Waals surface area contributed by atoms with Crippen LogP contribution in [-0.2, 0) is 28.6 Å². The van der Waals surface area contributed by atoms with E-state index in [1.165, 1.54) is 19.3 Å². The Morgan fingerprint density at radius 3 is 2.09 bits per heavy atom. The van der Waals surface area contributed by atoms with E-state index in [-0.39, 0.29) is 23.4 Å². The molecule has 0 aromatic carbocycles. The van der Waals surface area contributed by atoms with Crippen LogP contribution in [0.25, 0.3) is 0 Å². The van der Waals surface area contributed by atoms with E-state index in [1.54, 1.807) is 0 Å². The van der Waals surface area contributed by atoms with Crippen molar-refractivity contribution in [3.8, 4) is 0 Å². The van der Waals surface area contributed by atoms with E-state index >= 15 is 0 Å². The molecule has 0 amide bonds. The first kappa shape index (κ1) is 27.1. The normalized spacial score (nSPS) is 34.5. The molecule has 6 nitrogen and oxygen atoms in total. The summed E-state index contributed by atoms with van der Waals surface area (Å²) in [6.45, 7) is 5.76. The van der Waals surface area contributed by atoms with Crippen LogP contribution >= 0.6 is 0 Å². The van der Waals surface area contributed by atoms with Gasteiger partial charge in [-0.15, -0.1) is 0 Å². The number of ether oxygens (including phenoxy) is 1. The average molecular weight is 511 g/mol. The minimum Gasteiger partial charge on any atom is -0.458 e. The van der Waals surface area contributed by atoms with Crippen LogP contribution in [0, 0.1) is 28.6 Å². The van der Waals surface area contributed by atoms with Gasteiger partial charge in [0, 0.05) is 11.8 Å². The summed E-state index contributed by atoms with van der Waals surface area (Å²) in [6, 6.07) is 0.